The molecule has 2 unspecified atom stereocenters. The first-order chi connectivity index (χ1) is 9.74. The second-order valence-electron chi connectivity index (χ2n) is 5.55. The molecule has 2 N–H and O–H groups in total. The van der Waals surface area contributed by atoms with Crippen LogP contribution >= 0.6 is 11.3 Å². The topological polar surface area (TPSA) is 35.2 Å². The highest BCUT2D eigenvalue weighted by atomic mass is 32.1. The minimum absolute atomic E-state index is 0.0234. The number of benzene rings is 1. The van der Waals surface area contributed by atoms with E-state index in [4.69, 9.17) is 10.5 Å². The molecule has 3 rings (SSSR count). The van der Waals surface area contributed by atoms with Gasteiger partial charge in [-0.3, -0.25) is 0 Å². The van der Waals surface area contributed by atoms with Gasteiger partial charge in [-0.2, -0.15) is 0 Å². The largest absolute Gasteiger partial charge is 0.483 e. The van der Waals surface area contributed by atoms with E-state index in [0.29, 0.717) is 0 Å². The van der Waals surface area contributed by atoms with Crippen LogP contribution in [0.15, 0.2) is 35.7 Å². The Morgan fingerprint density at radius 1 is 1.15 bits per heavy atom. The molecule has 0 aliphatic heterocycles. The van der Waals surface area contributed by atoms with Gasteiger partial charge < -0.3 is 10.5 Å². The molecule has 1 aromatic heterocycles. The third-order valence-corrected chi connectivity index (χ3v) is 4.82. The van der Waals surface area contributed by atoms with Crippen molar-refractivity contribution >= 4 is 11.3 Å². The van der Waals surface area contributed by atoms with Gasteiger partial charge in [-0.15, -0.1) is 11.3 Å². The highest BCUT2D eigenvalue weighted by Crippen LogP contribution is 2.30. The normalized spacial score (nSPS) is 17.3. The Hall–Kier alpha value is -1.32. The zero-order valence-electron chi connectivity index (χ0n) is 11.8. The van der Waals surface area contributed by atoms with Crippen molar-refractivity contribution in [3.8, 4) is 5.75 Å². The van der Waals surface area contributed by atoms with Crippen LogP contribution in [0.2, 0.25) is 0 Å². The number of nitrogens with two attached hydrogens (primary N) is 1. The lowest BCUT2D eigenvalue weighted by atomic mass is 9.92. The zero-order valence-corrected chi connectivity index (χ0v) is 12.7. The highest BCUT2D eigenvalue weighted by Gasteiger charge is 2.20. The van der Waals surface area contributed by atoms with Gasteiger partial charge in [0.05, 0.1) is 0 Å². The van der Waals surface area contributed by atoms with Crippen molar-refractivity contribution < 1.29 is 4.74 Å². The molecule has 0 fully saturated rings. The smallest absolute Gasteiger partial charge is 0.148 e. The highest BCUT2D eigenvalue weighted by molar-refractivity contribution is 7.10. The van der Waals surface area contributed by atoms with Crippen molar-refractivity contribution in [3.05, 3.63) is 51.7 Å². The molecule has 106 valence electrons. The summed E-state index contributed by atoms with van der Waals surface area (Å²) in [6, 6.07) is 10.6. The van der Waals surface area contributed by atoms with Crippen molar-refractivity contribution in [1.82, 2.24) is 0 Å². The number of rotatable bonds is 4. The number of aryl methyl sites for hydroxylation is 2. The molecule has 3 heteroatoms. The van der Waals surface area contributed by atoms with E-state index in [2.05, 4.69) is 29.6 Å². The summed E-state index contributed by atoms with van der Waals surface area (Å²) in [6.45, 7) is 2.00. The van der Waals surface area contributed by atoms with Crippen LogP contribution in [0.3, 0.4) is 0 Å². The maximum atomic E-state index is 6.17. The maximum Gasteiger partial charge on any atom is 0.148 e. The summed E-state index contributed by atoms with van der Waals surface area (Å²) in [6.07, 6.45) is 4.92. The number of hydrogen-bond donors (Lipinski definition) is 1. The zero-order chi connectivity index (χ0) is 13.9. The molecule has 0 bridgehead atoms. The van der Waals surface area contributed by atoms with Crippen LogP contribution in [0.1, 0.15) is 41.9 Å². The Balaban J connectivity index is 1.82. The van der Waals surface area contributed by atoms with E-state index in [0.717, 1.165) is 5.75 Å². The predicted octanol–water partition coefficient (Wildman–Crippen LogP) is 4.09. The molecule has 1 aliphatic rings. The van der Waals surface area contributed by atoms with Crippen LogP contribution in [-0.2, 0) is 12.8 Å². The lowest BCUT2D eigenvalue weighted by Gasteiger charge is -2.23. The fourth-order valence-corrected chi connectivity index (χ4v) is 3.68. The molecular weight excluding hydrogens is 266 g/mol. The van der Waals surface area contributed by atoms with Crippen molar-refractivity contribution in [2.75, 3.05) is 0 Å². The van der Waals surface area contributed by atoms with E-state index in [1.165, 1.54) is 41.7 Å². The minimum atomic E-state index is -0.0587. The first kappa shape index (κ1) is 13.7. The van der Waals surface area contributed by atoms with Gasteiger partial charge in [0.1, 0.15) is 11.9 Å². The van der Waals surface area contributed by atoms with Crippen LogP contribution in [0, 0.1) is 0 Å². The third-order valence-electron chi connectivity index (χ3n) is 3.88. The molecule has 0 amide bonds. The van der Waals surface area contributed by atoms with Crippen LogP contribution in [0.25, 0.3) is 0 Å². The van der Waals surface area contributed by atoms with Crippen LogP contribution in [0.4, 0.5) is 0 Å². The molecule has 0 radical (unpaired) electrons. The monoisotopic (exact) mass is 287 g/mol. The Kier molecular flexibility index (Phi) is 4.08. The molecule has 0 saturated carbocycles. The van der Waals surface area contributed by atoms with E-state index in [1.807, 2.05) is 13.0 Å². The lowest BCUT2D eigenvalue weighted by molar-refractivity contribution is 0.184. The van der Waals surface area contributed by atoms with Crippen molar-refractivity contribution in [2.45, 2.75) is 44.8 Å². The second kappa shape index (κ2) is 5.98. The number of hydrogen-bond acceptors (Lipinski definition) is 3. The summed E-state index contributed by atoms with van der Waals surface area (Å²) in [5, 5.41) is 2.07. The van der Waals surface area contributed by atoms with Crippen molar-refractivity contribution in [2.24, 2.45) is 5.73 Å². The Morgan fingerprint density at radius 2 is 1.95 bits per heavy atom. The predicted molar refractivity (Wildman–Crippen MR) is 84.4 cm³/mol. The first-order valence-electron chi connectivity index (χ1n) is 7.31. The number of ether oxygens (including phenoxy) is 1. The summed E-state index contributed by atoms with van der Waals surface area (Å²) in [7, 11) is 0. The fourth-order valence-electron chi connectivity index (χ4n) is 2.81. The maximum absolute atomic E-state index is 6.17. The van der Waals surface area contributed by atoms with Crippen LogP contribution in [0.5, 0.6) is 5.75 Å². The van der Waals surface area contributed by atoms with Gasteiger partial charge >= 0.3 is 0 Å². The van der Waals surface area contributed by atoms with Gasteiger partial charge in [0.25, 0.3) is 0 Å². The molecule has 1 heterocycles. The van der Waals surface area contributed by atoms with E-state index in [1.54, 1.807) is 11.3 Å². The Bertz CT molecular complexity index is 562. The van der Waals surface area contributed by atoms with Gasteiger partial charge in [-0.25, -0.2) is 0 Å². The molecule has 2 aromatic rings. The van der Waals surface area contributed by atoms with Crippen LogP contribution < -0.4 is 10.5 Å². The Morgan fingerprint density at radius 3 is 2.65 bits per heavy atom. The van der Waals surface area contributed by atoms with Crippen molar-refractivity contribution in [1.29, 1.82) is 0 Å². The molecule has 1 aliphatic carbocycles. The van der Waals surface area contributed by atoms with E-state index in [9.17, 15) is 0 Å². The summed E-state index contributed by atoms with van der Waals surface area (Å²) in [5.41, 5.74) is 9.03. The van der Waals surface area contributed by atoms with Gasteiger partial charge in [-0.05, 0) is 67.3 Å². The average molecular weight is 287 g/mol. The van der Waals surface area contributed by atoms with E-state index < -0.39 is 0 Å². The molecule has 20 heavy (non-hydrogen) atoms. The summed E-state index contributed by atoms with van der Waals surface area (Å²) in [4.78, 5) is 1.19. The summed E-state index contributed by atoms with van der Waals surface area (Å²) < 4.78 is 6.17. The third kappa shape index (κ3) is 2.89. The van der Waals surface area contributed by atoms with Crippen LogP contribution in [-0.4, -0.2) is 6.04 Å². The number of thiophene rings is 1. The second-order valence-corrected chi connectivity index (χ2v) is 6.53. The lowest BCUT2D eigenvalue weighted by Crippen LogP contribution is -2.28. The number of fused-ring (bicyclic) bond motifs is 1. The SMILES string of the molecule is CC(N)C(Oc1ccc2c(c1)CCCC2)c1cccs1. The quantitative estimate of drug-likeness (QED) is 0.919. The fraction of sp³-hybridized carbons (Fsp3) is 0.412. The molecule has 2 atom stereocenters. The minimum Gasteiger partial charge on any atom is -0.483 e. The van der Waals surface area contributed by atoms with Gasteiger partial charge in [-0.1, -0.05) is 12.1 Å². The van der Waals surface area contributed by atoms with E-state index >= 15 is 0 Å². The molecule has 0 spiro atoms. The molecule has 0 saturated heterocycles. The Labute approximate surface area is 124 Å². The van der Waals surface area contributed by atoms with Gasteiger partial charge in [0.15, 0.2) is 0 Å². The standard InChI is InChI=1S/C17H21NOS/c1-12(18)17(16-7-4-10-20-16)19-15-9-8-13-5-2-3-6-14(13)11-15/h4,7-12,17H,2-3,5-6,18H2,1H3. The van der Waals surface area contributed by atoms with Crippen molar-refractivity contribution in [3.63, 3.8) is 0 Å². The van der Waals surface area contributed by atoms with Gasteiger partial charge in [0.2, 0.25) is 0 Å². The first-order valence-corrected chi connectivity index (χ1v) is 8.19. The summed E-state index contributed by atoms with van der Waals surface area (Å²) in [5.74, 6) is 0.946. The summed E-state index contributed by atoms with van der Waals surface area (Å²) >= 11 is 1.70. The average Bonchev–Trinajstić information content (AvgIpc) is 2.98. The molecule has 1 aromatic carbocycles. The van der Waals surface area contributed by atoms with Gasteiger partial charge in [0, 0.05) is 10.9 Å². The van der Waals surface area contributed by atoms with E-state index in [-0.39, 0.29) is 12.1 Å². The molecular formula is C17H21NOS. The molecule has 2 nitrogen and oxygen atoms in total.